The van der Waals surface area contributed by atoms with Crippen molar-refractivity contribution in [1.29, 1.82) is 5.26 Å². The molecule has 0 spiro atoms. The van der Waals surface area contributed by atoms with Crippen LogP contribution in [-0.2, 0) is 0 Å². The van der Waals surface area contributed by atoms with Gasteiger partial charge in [-0.15, -0.1) is 0 Å². The molecule has 0 amide bonds. The van der Waals surface area contributed by atoms with Gasteiger partial charge in [-0.3, -0.25) is 0 Å². The first-order valence-corrected chi connectivity index (χ1v) is 13.0. The lowest BCUT2D eigenvalue weighted by Gasteiger charge is -2.53. The van der Waals surface area contributed by atoms with Crippen molar-refractivity contribution in [1.82, 2.24) is 0 Å². The van der Waals surface area contributed by atoms with Gasteiger partial charge in [0.2, 0.25) is 0 Å². The Labute approximate surface area is 156 Å². The second-order valence-corrected chi connectivity index (χ2v) is 13.6. The second-order valence-electron chi connectivity index (χ2n) is 7.58. The van der Waals surface area contributed by atoms with E-state index in [1.54, 1.807) is 0 Å². The number of rotatable bonds is 15. The summed E-state index contributed by atoms with van der Waals surface area (Å²) < 4.78 is 0. The summed E-state index contributed by atoms with van der Waals surface area (Å²) in [5.41, 5.74) is 0. The van der Waals surface area contributed by atoms with Crippen LogP contribution in [0.3, 0.4) is 0 Å². The fourth-order valence-electron chi connectivity index (χ4n) is 4.09. The van der Waals surface area contributed by atoms with Crippen LogP contribution >= 0.6 is 8.75 Å². The maximum absolute atomic E-state index is 10.3. The van der Waals surface area contributed by atoms with Crippen LogP contribution in [0.4, 0.5) is 0 Å². The van der Waals surface area contributed by atoms with Crippen molar-refractivity contribution in [2.75, 3.05) is 17.3 Å². The summed E-state index contributed by atoms with van der Waals surface area (Å²) in [6.07, 6.45) is 13.2. The Hall–Kier alpha value is -0.370. The molecule has 0 aliphatic heterocycles. The van der Waals surface area contributed by atoms with E-state index in [9.17, 15) is 10.2 Å². The minimum atomic E-state index is -2.47. The molecule has 3 nitrogen and oxygen atoms in total. The van der Waals surface area contributed by atoms with E-state index in [0.29, 0.717) is 6.42 Å². The highest BCUT2D eigenvalue weighted by molar-refractivity contribution is 8.47. The van der Waals surface area contributed by atoms with Crippen LogP contribution in [0.5, 0.6) is 0 Å². The molecule has 4 heteroatoms. The first-order chi connectivity index (χ1) is 11.9. The molecule has 0 bridgehead atoms. The van der Waals surface area contributed by atoms with Gasteiger partial charge in [-0.1, -0.05) is 85.5 Å². The quantitative estimate of drug-likeness (QED) is 0.245. The molecule has 0 heterocycles. The van der Waals surface area contributed by atoms with Crippen LogP contribution in [0, 0.1) is 11.3 Å². The molecule has 0 rings (SSSR count). The van der Waals surface area contributed by atoms with Gasteiger partial charge >= 0.3 is 0 Å². The highest BCUT2D eigenvalue weighted by atomic mass is 32.3. The Bertz CT molecular complexity index is 453. The van der Waals surface area contributed by atoms with Crippen LogP contribution in [0.25, 0.3) is 0 Å². The van der Waals surface area contributed by atoms with E-state index >= 15 is 0 Å². The summed E-state index contributed by atoms with van der Waals surface area (Å²) >= 11 is 0. The topological polar surface area (TPSA) is 64.2 Å². The normalized spacial score (nSPS) is 14.5. The van der Waals surface area contributed by atoms with E-state index < -0.39 is 8.75 Å². The Morgan fingerprint density at radius 1 is 0.840 bits per heavy atom. The van der Waals surface area contributed by atoms with Gasteiger partial charge in [-0.2, -0.15) is 14.0 Å². The predicted octanol–water partition coefficient (Wildman–Crippen LogP) is 6.79. The van der Waals surface area contributed by atoms with E-state index in [2.05, 4.69) is 26.8 Å². The summed E-state index contributed by atoms with van der Waals surface area (Å²) in [6, 6.07) is 2.25. The molecule has 0 saturated heterocycles. The Morgan fingerprint density at radius 2 is 1.28 bits per heavy atom. The molecular weight excluding hydrogens is 330 g/mol. The van der Waals surface area contributed by atoms with E-state index in [-0.39, 0.29) is 10.5 Å². The van der Waals surface area contributed by atoms with Gasteiger partial charge < -0.3 is 10.2 Å². The van der Waals surface area contributed by atoms with Crippen molar-refractivity contribution in [3.63, 3.8) is 0 Å². The summed E-state index contributed by atoms with van der Waals surface area (Å²) in [7, 11) is -2.47. The lowest BCUT2D eigenvalue weighted by Crippen LogP contribution is -2.35. The third-order valence-electron chi connectivity index (χ3n) is 6.37. The number of aliphatic hydroxyl groups is 2. The Balaban J connectivity index is 4.50. The smallest absolute Gasteiger partial charge is 0.190 e. The third kappa shape index (κ3) is 6.70. The third-order valence-corrected chi connectivity index (χ3v) is 13.8. The number of unbranched alkanes of at least 4 members (excludes halogenated alkanes) is 9. The van der Waals surface area contributed by atoms with E-state index in [1.165, 1.54) is 51.4 Å². The zero-order valence-electron chi connectivity index (χ0n) is 17.2. The van der Waals surface area contributed by atoms with Gasteiger partial charge in [-0.25, -0.2) is 0 Å². The van der Waals surface area contributed by atoms with Crippen LogP contribution in [0.15, 0.2) is 0 Å². The van der Waals surface area contributed by atoms with Crippen molar-refractivity contribution >= 4 is 14.0 Å². The highest BCUT2D eigenvalue weighted by Crippen LogP contribution is 2.64. The van der Waals surface area contributed by atoms with Crippen LogP contribution < -0.4 is 0 Å². The predicted molar refractivity (Wildman–Crippen MR) is 115 cm³/mol. The lowest BCUT2D eigenvalue weighted by atomic mass is 10.1. The second kappa shape index (κ2) is 12.9. The van der Waals surface area contributed by atoms with Crippen molar-refractivity contribution in [2.24, 2.45) is 0 Å². The largest absolute Gasteiger partial charge is 0.338 e. The number of nitrogens with zero attached hydrogens (tertiary/aromatic N) is 1. The SMILES string of the molecule is CCCCCCCCCCCCS(CC)(CC)(=C(O)O)C(C)CC#N. The van der Waals surface area contributed by atoms with Crippen molar-refractivity contribution in [2.45, 2.75) is 104 Å². The fraction of sp³-hybridized carbons (Fsp3) is 0.905. The van der Waals surface area contributed by atoms with Crippen molar-refractivity contribution < 1.29 is 10.2 Å². The minimum absolute atomic E-state index is 0.0561. The number of aliphatic hydroxyl groups excluding tert-OH is 1. The number of hydrogen-bond donors (Lipinski definition) is 2. The molecule has 0 radical (unpaired) electrons. The lowest BCUT2D eigenvalue weighted by molar-refractivity contribution is 0.382. The Morgan fingerprint density at radius 3 is 1.64 bits per heavy atom. The summed E-state index contributed by atoms with van der Waals surface area (Å²) in [5.74, 6) is 2.42. The molecule has 0 aromatic rings. The van der Waals surface area contributed by atoms with Gasteiger partial charge in [0, 0.05) is 11.7 Å². The fourth-order valence-corrected chi connectivity index (χ4v) is 9.11. The molecule has 1 unspecified atom stereocenters. The number of hydrogen-bond acceptors (Lipinski definition) is 1. The molecule has 0 aliphatic carbocycles. The first kappa shape index (κ1) is 24.6. The molecule has 0 saturated carbocycles. The van der Waals surface area contributed by atoms with Gasteiger partial charge in [0.15, 0.2) is 5.24 Å². The maximum Gasteiger partial charge on any atom is 0.190 e. The van der Waals surface area contributed by atoms with Crippen LogP contribution in [0.2, 0.25) is 0 Å². The van der Waals surface area contributed by atoms with Crippen LogP contribution in [-0.4, -0.2) is 38.0 Å². The molecule has 1 atom stereocenters. The average molecular weight is 374 g/mol. The van der Waals surface area contributed by atoms with E-state index in [0.717, 1.165) is 30.1 Å². The summed E-state index contributed by atoms with van der Waals surface area (Å²) in [6.45, 7) is 8.44. The summed E-state index contributed by atoms with van der Waals surface area (Å²) in [5, 5.41) is 29.4. The van der Waals surface area contributed by atoms with Crippen molar-refractivity contribution in [3.8, 4) is 6.07 Å². The van der Waals surface area contributed by atoms with E-state index in [4.69, 9.17) is 5.26 Å². The van der Waals surface area contributed by atoms with Crippen LogP contribution in [0.1, 0.15) is 98.3 Å². The molecule has 0 fully saturated rings. The van der Waals surface area contributed by atoms with Gasteiger partial charge in [0.25, 0.3) is 0 Å². The highest BCUT2D eigenvalue weighted by Gasteiger charge is 2.39. The summed E-state index contributed by atoms with van der Waals surface area (Å²) in [4.78, 5) is 0. The number of nitriles is 1. The maximum atomic E-state index is 10.3. The molecule has 2 N–H and O–H groups in total. The zero-order chi connectivity index (χ0) is 19.2. The standard InChI is InChI=1S/C21H43NO2S/c1-5-8-9-10-11-12-13-14-15-16-19-25(6-2,7-3,21(23)24)20(4)17-18-22/h20,23-24H,5-17,19H2,1-4H3. The molecule has 0 aromatic heterocycles. The molecule has 0 aliphatic rings. The monoisotopic (exact) mass is 373 g/mol. The molecule has 150 valence electrons. The van der Waals surface area contributed by atoms with Crippen molar-refractivity contribution in [3.05, 3.63) is 0 Å². The molecular formula is C21H43NO2S. The Kier molecular flexibility index (Phi) is 12.7. The van der Waals surface area contributed by atoms with Gasteiger partial charge in [0.05, 0.1) is 6.07 Å². The van der Waals surface area contributed by atoms with Gasteiger partial charge in [-0.05, 0) is 23.7 Å². The zero-order valence-corrected chi connectivity index (χ0v) is 18.0. The van der Waals surface area contributed by atoms with E-state index in [1.807, 2.05) is 6.92 Å². The average Bonchev–Trinajstić information content (AvgIpc) is 2.60. The van der Waals surface area contributed by atoms with Gasteiger partial charge in [0.1, 0.15) is 0 Å². The molecule has 0 aromatic carbocycles. The first-order valence-electron chi connectivity index (χ1n) is 10.4. The molecule has 25 heavy (non-hydrogen) atoms. The minimum Gasteiger partial charge on any atom is -0.338 e.